The van der Waals surface area contributed by atoms with Crippen molar-refractivity contribution in [1.82, 2.24) is 10.2 Å². The molecule has 226 valence electrons. The minimum atomic E-state index is -4.12. The number of nitrogens with one attached hydrogen (secondary N) is 1. The van der Waals surface area contributed by atoms with Gasteiger partial charge in [0.05, 0.1) is 17.7 Å². The Balaban J connectivity index is 2.09. The average Bonchev–Trinajstić information content (AvgIpc) is 2.92. The summed E-state index contributed by atoms with van der Waals surface area (Å²) in [6.07, 6.45) is 0.345. The lowest BCUT2D eigenvalue weighted by molar-refractivity contribution is -0.141. The van der Waals surface area contributed by atoms with Gasteiger partial charge in [-0.1, -0.05) is 42.8 Å². The first-order valence-corrected chi connectivity index (χ1v) is 15.5. The van der Waals surface area contributed by atoms with Crippen LogP contribution in [0.1, 0.15) is 56.4 Å². The Morgan fingerprint density at radius 3 is 2.05 bits per heavy atom. The molecular weight excluding hydrogens is 550 g/mol. The molecule has 1 unspecified atom stereocenters. The number of aryl methyl sites for hydroxylation is 3. The summed E-state index contributed by atoms with van der Waals surface area (Å²) in [5, 5.41) is 2.98. The zero-order chi connectivity index (χ0) is 31.2. The van der Waals surface area contributed by atoms with Crippen LogP contribution in [0, 0.1) is 20.8 Å². The van der Waals surface area contributed by atoms with Crippen molar-refractivity contribution >= 4 is 27.5 Å². The van der Waals surface area contributed by atoms with E-state index in [1.54, 1.807) is 55.6 Å². The molecule has 3 rings (SSSR count). The molecule has 0 radical (unpaired) electrons. The number of rotatable bonds is 11. The van der Waals surface area contributed by atoms with Crippen molar-refractivity contribution in [2.24, 2.45) is 0 Å². The molecule has 0 saturated carbocycles. The molecule has 0 aromatic heterocycles. The number of nitrogens with zero attached hydrogens (tertiary/aromatic N) is 2. The van der Waals surface area contributed by atoms with E-state index < -0.39 is 34.1 Å². The quantitative estimate of drug-likeness (QED) is 0.315. The first kappa shape index (κ1) is 32.7. The topological polar surface area (TPSA) is 96.0 Å². The third-order valence-corrected chi connectivity index (χ3v) is 8.85. The van der Waals surface area contributed by atoms with Crippen LogP contribution in [-0.2, 0) is 26.2 Å². The van der Waals surface area contributed by atoms with Crippen LogP contribution in [0.25, 0.3) is 0 Å². The number of benzene rings is 3. The summed E-state index contributed by atoms with van der Waals surface area (Å²) in [5.41, 5.74) is 3.47. The minimum absolute atomic E-state index is 0.0818. The second kappa shape index (κ2) is 13.4. The van der Waals surface area contributed by atoms with E-state index in [2.05, 4.69) is 5.32 Å². The van der Waals surface area contributed by atoms with Crippen molar-refractivity contribution in [3.8, 4) is 5.75 Å². The van der Waals surface area contributed by atoms with Gasteiger partial charge in [0.1, 0.15) is 18.3 Å². The maximum Gasteiger partial charge on any atom is 0.264 e. The van der Waals surface area contributed by atoms with Crippen molar-refractivity contribution < 1.29 is 22.7 Å². The Morgan fingerprint density at radius 1 is 0.905 bits per heavy atom. The zero-order valence-electron chi connectivity index (χ0n) is 25.9. The Labute approximate surface area is 250 Å². The Morgan fingerprint density at radius 2 is 1.52 bits per heavy atom. The van der Waals surface area contributed by atoms with E-state index in [4.69, 9.17) is 4.74 Å². The molecule has 0 saturated heterocycles. The van der Waals surface area contributed by atoms with Gasteiger partial charge in [0.15, 0.2) is 0 Å². The fraction of sp³-hybridized carbons (Fsp3) is 0.394. The van der Waals surface area contributed by atoms with Crippen molar-refractivity contribution in [3.05, 3.63) is 89.0 Å². The molecule has 1 N–H and O–H groups in total. The highest BCUT2D eigenvalue weighted by Crippen LogP contribution is 2.27. The molecule has 8 nitrogen and oxygen atoms in total. The number of carbonyl (C=O) groups excluding carboxylic acids is 2. The standard InChI is InChI=1S/C33H43N3O5S/c1-9-30(32(38)34-33(5,6)7)35(21-26-13-16-28(41-8)17-14-26)31(37)22-36(27-15-12-24(3)25(4)20-27)42(39,40)29-18-10-23(2)11-19-29/h10-20,30H,9,21-22H2,1-8H3,(H,34,38). The van der Waals surface area contributed by atoms with Gasteiger partial charge in [0, 0.05) is 12.1 Å². The molecule has 9 heteroatoms. The lowest BCUT2D eigenvalue weighted by Gasteiger charge is -2.35. The van der Waals surface area contributed by atoms with E-state index in [-0.39, 0.29) is 17.3 Å². The molecule has 0 spiro atoms. The van der Waals surface area contributed by atoms with Crippen molar-refractivity contribution in [1.29, 1.82) is 0 Å². The lowest BCUT2D eigenvalue weighted by Crippen LogP contribution is -2.55. The molecule has 0 aliphatic heterocycles. The van der Waals surface area contributed by atoms with Gasteiger partial charge in [0.25, 0.3) is 10.0 Å². The van der Waals surface area contributed by atoms with E-state index >= 15 is 0 Å². The summed E-state index contributed by atoms with van der Waals surface area (Å²) in [6.45, 7) is 12.8. The number of anilines is 1. The minimum Gasteiger partial charge on any atom is -0.497 e. The van der Waals surface area contributed by atoms with Crippen LogP contribution in [0.4, 0.5) is 5.69 Å². The second-order valence-electron chi connectivity index (χ2n) is 11.6. The maximum atomic E-state index is 14.2. The fourth-order valence-electron chi connectivity index (χ4n) is 4.55. The summed E-state index contributed by atoms with van der Waals surface area (Å²) in [4.78, 5) is 29.2. The maximum absolute atomic E-state index is 14.2. The van der Waals surface area contributed by atoms with Gasteiger partial charge in [-0.3, -0.25) is 13.9 Å². The average molecular weight is 594 g/mol. The Kier molecular flexibility index (Phi) is 10.4. The number of amides is 2. The van der Waals surface area contributed by atoms with Crippen LogP contribution in [0.3, 0.4) is 0 Å². The van der Waals surface area contributed by atoms with E-state index in [1.807, 2.05) is 66.7 Å². The second-order valence-corrected chi connectivity index (χ2v) is 13.5. The van der Waals surface area contributed by atoms with Crippen LogP contribution in [0.2, 0.25) is 0 Å². The van der Waals surface area contributed by atoms with E-state index in [0.29, 0.717) is 17.9 Å². The van der Waals surface area contributed by atoms with Crippen LogP contribution >= 0.6 is 0 Å². The van der Waals surface area contributed by atoms with E-state index in [9.17, 15) is 18.0 Å². The SMILES string of the molecule is CCC(C(=O)NC(C)(C)C)N(Cc1ccc(OC)cc1)C(=O)CN(c1ccc(C)c(C)c1)S(=O)(=O)c1ccc(C)cc1. The molecule has 0 aliphatic rings. The highest BCUT2D eigenvalue weighted by Gasteiger charge is 2.34. The van der Waals surface area contributed by atoms with Crippen molar-refractivity contribution in [2.45, 2.75) is 77.9 Å². The summed E-state index contributed by atoms with van der Waals surface area (Å²) < 4.78 is 34.5. The van der Waals surface area contributed by atoms with Crippen LogP contribution < -0.4 is 14.4 Å². The lowest BCUT2D eigenvalue weighted by atomic mass is 10.1. The van der Waals surface area contributed by atoms with Gasteiger partial charge in [0.2, 0.25) is 11.8 Å². The zero-order valence-corrected chi connectivity index (χ0v) is 26.7. The predicted octanol–water partition coefficient (Wildman–Crippen LogP) is 5.54. The molecule has 1 atom stereocenters. The molecule has 0 aliphatic carbocycles. The number of hydrogen-bond acceptors (Lipinski definition) is 5. The summed E-state index contributed by atoms with van der Waals surface area (Å²) in [6, 6.07) is 18.3. The third-order valence-electron chi connectivity index (χ3n) is 7.06. The Hall–Kier alpha value is -3.85. The number of sulfonamides is 1. The first-order chi connectivity index (χ1) is 19.7. The van der Waals surface area contributed by atoms with Crippen LogP contribution in [0.15, 0.2) is 71.6 Å². The monoisotopic (exact) mass is 593 g/mol. The van der Waals surface area contributed by atoms with Crippen molar-refractivity contribution in [3.63, 3.8) is 0 Å². The first-order valence-electron chi connectivity index (χ1n) is 14.1. The normalized spacial score (nSPS) is 12.4. The van der Waals surface area contributed by atoms with Crippen LogP contribution in [-0.4, -0.2) is 50.4 Å². The molecular formula is C33H43N3O5S. The molecule has 0 bridgehead atoms. The Bertz CT molecular complexity index is 1490. The number of ether oxygens (including phenoxy) is 1. The highest BCUT2D eigenvalue weighted by molar-refractivity contribution is 7.92. The molecule has 0 fully saturated rings. The predicted molar refractivity (Wildman–Crippen MR) is 167 cm³/mol. The number of hydrogen-bond donors (Lipinski definition) is 1. The van der Waals surface area contributed by atoms with Gasteiger partial charge < -0.3 is 15.0 Å². The van der Waals surface area contributed by atoms with Gasteiger partial charge >= 0.3 is 0 Å². The highest BCUT2D eigenvalue weighted by atomic mass is 32.2. The summed E-state index contributed by atoms with van der Waals surface area (Å²) in [7, 11) is -2.55. The molecule has 3 aromatic carbocycles. The van der Waals surface area contributed by atoms with Crippen molar-refractivity contribution in [2.75, 3.05) is 18.0 Å². The van der Waals surface area contributed by atoms with Gasteiger partial charge in [-0.05, 0) is 101 Å². The van der Waals surface area contributed by atoms with Crippen LogP contribution in [0.5, 0.6) is 5.75 Å². The fourth-order valence-corrected chi connectivity index (χ4v) is 5.95. The molecule has 42 heavy (non-hydrogen) atoms. The number of carbonyl (C=O) groups is 2. The van der Waals surface area contributed by atoms with E-state index in [1.165, 1.54) is 4.90 Å². The summed E-state index contributed by atoms with van der Waals surface area (Å²) in [5.74, 6) is -0.124. The van der Waals surface area contributed by atoms with E-state index in [0.717, 1.165) is 26.6 Å². The van der Waals surface area contributed by atoms with Gasteiger partial charge in [-0.15, -0.1) is 0 Å². The van der Waals surface area contributed by atoms with Gasteiger partial charge in [-0.25, -0.2) is 8.42 Å². The van der Waals surface area contributed by atoms with Gasteiger partial charge in [-0.2, -0.15) is 0 Å². The third kappa shape index (κ3) is 8.12. The summed E-state index contributed by atoms with van der Waals surface area (Å²) >= 11 is 0. The number of methoxy groups -OCH3 is 1. The smallest absolute Gasteiger partial charge is 0.264 e. The molecule has 3 aromatic rings. The largest absolute Gasteiger partial charge is 0.497 e. The molecule has 2 amide bonds. The molecule has 0 heterocycles.